The maximum absolute atomic E-state index is 12.3. The predicted molar refractivity (Wildman–Crippen MR) is 88.4 cm³/mol. The predicted octanol–water partition coefficient (Wildman–Crippen LogP) is 2.56. The Kier molecular flexibility index (Phi) is 5.36. The second kappa shape index (κ2) is 7.25. The van der Waals surface area contributed by atoms with Crippen molar-refractivity contribution in [2.75, 3.05) is 20.1 Å². The lowest BCUT2D eigenvalue weighted by molar-refractivity contribution is -0.128. The Labute approximate surface area is 132 Å². The standard InChI is InChI=1S/C18H24N2O2/c1-13-10-14(2)12-20(11-13)17(21)9-6-15-4-7-16(8-5-15)18(22)19-3/h4-9,13-14H,10-12H2,1-3H3,(H,19,22)/b9-6+. The van der Waals surface area contributed by atoms with Crippen LogP contribution in [0.4, 0.5) is 0 Å². The minimum atomic E-state index is -0.108. The lowest BCUT2D eigenvalue weighted by Crippen LogP contribution is -2.41. The largest absolute Gasteiger partial charge is 0.355 e. The van der Waals surface area contributed by atoms with Gasteiger partial charge in [0.25, 0.3) is 5.91 Å². The van der Waals surface area contributed by atoms with E-state index in [9.17, 15) is 9.59 Å². The molecule has 1 heterocycles. The molecule has 118 valence electrons. The van der Waals surface area contributed by atoms with Crippen LogP contribution in [-0.2, 0) is 4.79 Å². The van der Waals surface area contributed by atoms with Crippen LogP contribution in [0.25, 0.3) is 6.08 Å². The van der Waals surface area contributed by atoms with Gasteiger partial charge in [0.15, 0.2) is 0 Å². The Morgan fingerprint density at radius 1 is 1.14 bits per heavy atom. The third kappa shape index (κ3) is 4.20. The number of likely N-dealkylation sites (tertiary alicyclic amines) is 1. The molecule has 1 saturated heterocycles. The van der Waals surface area contributed by atoms with E-state index in [4.69, 9.17) is 0 Å². The molecule has 2 amide bonds. The van der Waals surface area contributed by atoms with Crippen LogP contribution in [0, 0.1) is 11.8 Å². The number of carbonyl (C=O) groups is 2. The van der Waals surface area contributed by atoms with Crippen LogP contribution in [0.2, 0.25) is 0 Å². The molecule has 0 aromatic heterocycles. The number of rotatable bonds is 3. The minimum Gasteiger partial charge on any atom is -0.355 e. The van der Waals surface area contributed by atoms with Crippen LogP contribution in [0.5, 0.6) is 0 Å². The number of piperidine rings is 1. The topological polar surface area (TPSA) is 49.4 Å². The molecule has 2 rings (SSSR count). The summed E-state index contributed by atoms with van der Waals surface area (Å²) in [4.78, 5) is 25.7. The second-order valence-corrected chi connectivity index (χ2v) is 6.22. The van der Waals surface area contributed by atoms with E-state index in [0.29, 0.717) is 17.4 Å². The minimum absolute atomic E-state index is 0.0637. The quantitative estimate of drug-likeness (QED) is 0.872. The van der Waals surface area contributed by atoms with E-state index < -0.39 is 0 Å². The molecule has 22 heavy (non-hydrogen) atoms. The van der Waals surface area contributed by atoms with Crippen LogP contribution in [0.15, 0.2) is 30.3 Å². The summed E-state index contributed by atoms with van der Waals surface area (Å²) in [5.41, 5.74) is 1.53. The molecule has 1 N–H and O–H groups in total. The van der Waals surface area contributed by atoms with Crippen molar-refractivity contribution in [2.24, 2.45) is 11.8 Å². The number of nitrogens with zero attached hydrogens (tertiary/aromatic N) is 1. The molecule has 2 unspecified atom stereocenters. The molecule has 4 heteroatoms. The van der Waals surface area contributed by atoms with E-state index in [-0.39, 0.29) is 11.8 Å². The first-order valence-electron chi connectivity index (χ1n) is 7.78. The summed E-state index contributed by atoms with van der Waals surface area (Å²) in [6.07, 6.45) is 4.62. The SMILES string of the molecule is CNC(=O)c1ccc(/C=C/C(=O)N2CC(C)CC(C)C2)cc1. The molecule has 2 atom stereocenters. The third-order valence-electron chi connectivity index (χ3n) is 4.00. The first kappa shape index (κ1) is 16.3. The van der Waals surface area contributed by atoms with Crippen LogP contribution in [0.1, 0.15) is 36.2 Å². The van der Waals surface area contributed by atoms with Crippen molar-refractivity contribution in [1.82, 2.24) is 10.2 Å². The van der Waals surface area contributed by atoms with Crippen molar-refractivity contribution in [3.63, 3.8) is 0 Å². The molecule has 0 radical (unpaired) electrons. The van der Waals surface area contributed by atoms with E-state index in [1.54, 1.807) is 31.3 Å². The Bertz CT molecular complexity index is 553. The second-order valence-electron chi connectivity index (χ2n) is 6.22. The van der Waals surface area contributed by atoms with Crippen molar-refractivity contribution in [1.29, 1.82) is 0 Å². The summed E-state index contributed by atoms with van der Waals surface area (Å²) in [5.74, 6) is 1.08. The molecule has 1 aliphatic heterocycles. The normalized spacial score (nSPS) is 21.9. The van der Waals surface area contributed by atoms with Crippen molar-refractivity contribution in [3.8, 4) is 0 Å². The number of amides is 2. The van der Waals surface area contributed by atoms with E-state index in [0.717, 1.165) is 18.7 Å². The van der Waals surface area contributed by atoms with Gasteiger partial charge in [0.05, 0.1) is 0 Å². The van der Waals surface area contributed by atoms with Crippen molar-refractivity contribution in [2.45, 2.75) is 20.3 Å². The zero-order chi connectivity index (χ0) is 16.1. The number of hydrogen-bond donors (Lipinski definition) is 1. The summed E-state index contributed by atoms with van der Waals surface area (Å²) in [6, 6.07) is 7.20. The first-order chi connectivity index (χ1) is 10.5. The molecule has 0 aliphatic carbocycles. The van der Waals surface area contributed by atoms with Gasteiger partial charge in [0, 0.05) is 31.8 Å². The number of nitrogens with one attached hydrogen (secondary N) is 1. The van der Waals surface area contributed by atoms with Gasteiger partial charge in [-0.05, 0) is 42.0 Å². The highest BCUT2D eigenvalue weighted by Crippen LogP contribution is 2.21. The highest BCUT2D eigenvalue weighted by atomic mass is 16.2. The van der Waals surface area contributed by atoms with E-state index >= 15 is 0 Å². The summed E-state index contributed by atoms with van der Waals surface area (Å²) >= 11 is 0. The molecular weight excluding hydrogens is 276 g/mol. The summed E-state index contributed by atoms with van der Waals surface area (Å²) < 4.78 is 0. The van der Waals surface area contributed by atoms with Gasteiger partial charge >= 0.3 is 0 Å². The highest BCUT2D eigenvalue weighted by molar-refractivity contribution is 5.94. The van der Waals surface area contributed by atoms with Gasteiger partial charge in [-0.25, -0.2) is 0 Å². The smallest absolute Gasteiger partial charge is 0.251 e. The fraction of sp³-hybridized carbons (Fsp3) is 0.444. The fourth-order valence-corrected chi connectivity index (χ4v) is 3.01. The van der Waals surface area contributed by atoms with Crippen LogP contribution in [-0.4, -0.2) is 36.9 Å². The zero-order valence-corrected chi connectivity index (χ0v) is 13.5. The van der Waals surface area contributed by atoms with E-state index in [2.05, 4.69) is 19.2 Å². The van der Waals surface area contributed by atoms with Crippen LogP contribution < -0.4 is 5.32 Å². The molecule has 0 bridgehead atoms. The number of benzene rings is 1. The summed E-state index contributed by atoms with van der Waals surface area (Å²) in [5, 5.41) is 2.58. The monoisotopic (exact) mass is 300 g/mol. The maximum Gasteiger partial charge on any atom is 0.251 e. The van der Waals surface area contributed by atoms with Crippen LogP contribution in [0.3, 0.4) is 0 Å². The molecule has 0 saturated carbocycles. The van der Waals surface area contributed by atoms with Crippen molar-refractivity contribution < 1.29 is 9.59 Å². The number of carbonyl (C=O) groups excluding carboxylic acids is 2. The first-order valence-corrected chi connectivity index (χ1v) is 7.78. The average Bonchev–Trinajstić information content (AvgIpc) is 2.51. The third-order valence-corrected chi connectivity index (χ3v) is 4.00. The van der Waals surface area contributed by atoms with Crippen LogP contribution >= 0.6 is 0 Å². The van der Waals surface area contributed by atoms with E-state index in [1.165, 1.54) is 6.42 Å². The lowest BCUT2D eigenvalue weighted by atomic mass is 9.92. The van der Waals surface area contributed by atoms with Crippen molar-refractivity contribution >= 4 is 17.9 Å². The van der Waals surface area contributed by atoms with Gasteiger partial charge in [-0.1, -0.05) is 26.0 Å². The molecule has 1 aliphatic rings. The Morgan fingerprint density at radius 2 is 1.73 bits per heavy atom. The number of hydrogen-bond acceptors (Lipinski definition) is 2. The van der Waals surface area contributed by atoms with Gasteiger partial charge < -0.3 is 10.2 Å². The summed E-state index contributed by atoms with van der Waals surface area (Å²) in [7, 11) is 1.61. The van der Waals surface area contributed by atoms with Gasteiger partial charge in [0.2, 0.25) is 5.91 Å². The van der Waals surface area contributed by atoms with E-state index in [1.807, 2.05) is 17.0 Å². The Balaban J connectivity index is 1.99. The van der Waals surface area contributed by atoms with Crippen molar-refractivity contribution in [3.05, 3.63) is 41.5 Å². The van der Waals surface area contributed by atoms with Gasteiger partial charge in [-0.3, -0.25) is 9.59 Å². The van der Waals surface area contributed by atoms with Gasteiger partial charge in [-0.2, -0.15) is 0 Å². The Hall–Kier alpha value is -2.10. The molecular formula is C18H24N2O2. The summed E-state index contributed by atoms with van der Waals surface area (Å²) in [6.45, 7) is 6.06. The fourth-order valence-electron chi connectivity index (χ4n) is 3.01. The molecule has 1 aromatic rings. The molecule has 1 aromatic carbocycles. The molecule has 1 fully saturated rings. The van der Waals surface area contributed by atoms with Gasteiger partial charge in [0.1, 0.15) is 0 Å². The molecule has 4 nitrogen and oxygen atoms in total. The lowest BCUT2D eigenvalue weighted by Gasteiger charge is -2.34. The zero-order valence-electron chi connectivity index (χ0n) is 13.5. The maximum atomic E-state index is 12.3. The molecule has 0 spiro atoms. The highest BCUT2D eigenvalue weighted by Gasteiger charge is 2.23. The Morgan fingerprint density at radius 3 is 2.27 bits per heavy atom. The average molecular weight is 300 g/mol. The van der Waals surface area contributed by atoms with Gasteiger partial charge in [-0.15, -0.1) is 0 Å².